The van der Waals surface area contributed by atoms with Crippen molar-refractivity contribution in [2.75, 3.05) is 19.5 Å². The Morgan fingerprint density at radius 1 is 1.15 bits per heavy atom. The molecule has 1 saturated carbocycles. The fourth-order valence-electron chi connectivity index (χ4n) is 2.10. The summed E-state index contributed by atoms with van der Waals surface area (Å²) in [6, 6.07) is -0.0862. The number of carbonyl (C=O) groups is 2. The van der Waals surface area contributed by atoms with E-state index in [9.17, 15) is 18.0 Å². The molecule has 2 amide bonds. The zero-order valence-electron chi connectivity index (χ0n) is 14.3. The molecule has 2 N–H and O–H groups in total. The molecular formula is C14H15N5O6S2. The number of rotatable bonds is 7. The van der Waals surface area contributed by atoms with E-state index in [0.29, 0.717) is 0 Å². The van der Waals surface area contributed by atoms with Crippen molar-refractivity contribution in [3.05, 3.63) is 16.3 Å². The fourth-order valence-corrected chi connectivity index (χ4v) is 4.46. The van der Waals surface area contributed by atoms with Gasteiger partial charge in [0.15, 0.2) is 5.78 Å². The molecule has 0 unspecified atom stereocenters. The number of carbonyl (C=O) groups excluding carboxylic acids is 2. The molecule has 0 atom stereocenters. The Morgan fingerprint density at radius 3 is 2.33 bits per heavy atom. The molecule has 0 bridgehead atoms. The van der Waals surface area contributed by atoms with E-state index < -0.39 is 16.1 Å². The molecule has 1 aliphatic carbocycles. The smallest absolute Gasteiger partial charge is 0.335 e. The largest absolute Gasteiger partial charge is 0.467 e. The van der Waals surface area contributed by atoms with Crippen LogP contribution in [0.15, 0.2) is 16.3 Å². The number of urea groups is 1. The van der Waals surface area contributed by atoms with E-state index in [0.717, 1.165) is 24.2 Å². The third-order valence-corrected chi connectivity index (χ3v) is 5.93. The topological polar surface area (TPSA) is 149 Å². The number of Topliss-reactive ketones (excluding diaryl/α,β-unsaturated/α-hetero) is 1. The normalized spacial score (nSPS) is 13.7. The van der Waals surface area contributed by atoms with Gasteiger partial charge in [-0.05, 0) is 24.3 Å². The van der Waals surface area contributed by atoms with Gasteiger partial charge in [0.25, 0.3) is 10.0 Å². The number of anilines is 1. The number of aromatic nitrogens is 3. The van der Waals surface area contributed by atoms with E-state index in [2.05, 4.69) is 20.3 Å². The lowest BCUT2D eigenvalue weighted by molar-refractivity contribution is 0.0968. The van der Waals surface area contributed by atoms with Crippen molar-refractivity contribution in [1.29, 1.82) is 0 Å². The molecule has 1 aliphatic rings. The summed E-state index contributed by atoms with van der Waals surface area (Å²) >= 11 is 1.03. The maximum atomic E-state index is 12.5. The quantitative estimate of drug-likeness (QED) is 0.635. The second kappa shape index (κ2) is 7.44. The zero-order chi connectivity index (χ0) is 19.6. The molecule has 0 aromatic carbocycles. The van der Waals surface area contributed by atoms with Crippen LogP contribution in [0.25, 0.3) is 0 Å². The van der Waals surface area contributed by atoms with E-state index >= 15 is 0 Å². The second-order valence-corrected chi connectivity index (χ2v) is 8.01. The Labute approximate surface area is 158 Å². The lowest BCUT2D eigenvalue weighted by Gasteiger charge is -2.09. The Bertz CT molecular complexity index is 963. The lowest BCUT2D eigenvalue weighted by Crippen LogP contribution is -2.35. The number of methoxy groups -OCH3 is 2. The van der Waals surface area contributed by atoms with Crippen molar-refractivity contribution >= 4 is 39.1 Å². The molecule has 0 spiro atoms. The van der Waals surface area contributed by atoms with Gasteiger partial charge in [0, 0.05) is 5.92 Å². The molecule has 0 aliphatic heterocycles. The Kier molecular flexibility index (Phi) is 5.23. The van der Waals surface area contributed by atoms with Crippen molar-refractivity contribution in [2.45, 2.75) is 17.7 Å². The molecular weight excluding hydrogens is 398 g/mol. The third kappa shape index (κ3) is 4.31. The van der Waals surface area contributed by atoms with Crippen molar-refractivity contribution in [1.82, 2.24) is 19.7 Å². The Morgan fingerprint density at radius 2 is 1.78 bits per heavy atom. The van der Waals surface area contributed by atoms with Crippen LogP contribution in [0.1, 0.15) is 22.5 Å². The van der Waals surface area contributed by atoms with Crippen LogP contribution >= 0.6 is 11.3 Å². The summed E-state index contributed by atoms with van der Waals surface area (Å²) in [6.07, 6.45) is 1.49. The number of ketones is 1. The van der Waals surface area contributed by atoms with Gasteiger partial charge in [0.1, 0.15) is 4.90 Å². The fraction of sp³-hybridized carbons (Fsp3) is 0.357. The first-order chi connectivity index (χ1) is 12.8. The zero-order valence-corrected chi connectivity index (χ0v) is 15.9. The van der Waals surface area contributed by atoms with Crippen LogP contribution < -0.4 is 19.5 Å². The van der Waals surface area contributed by atoms with Crippen molar-refractivity contribution in [2.24, 2.45) is 5.92 Å². The van der Waals surface area contributed by atoms with Crippen LogP contribution in [0, 0.1) is 5.92 Å². The summed E-state index contributed by atoms with van der Waals surface area (Å²) in [5.41, 5.74) is 0. The summed E-state index contributed by atoms with van der Waals surface area (Å²) in [6.45, 7) is 0. The number of nitrogens with one attached hydrogen (secondary N) is 2. The maximum absolute atomic E-state index is 12.5. The van der Waals surface area contributed by atoms with E-state index in [1.54, 1.807) is 0 Å². The Hall–Kier alpha value is -2.80. The van der Waals surface area contributed by atoms with E-state index in [-0.39, 0.29) is 39.4 Å². The summed E-state index contributed by atoms with van der Waals surface area (Å²) in [4.78, 5) is 35.5. The molecule has 2 heterocycles. The first-order valence-electron chi connectivity index (χ1n) is 7.63. The molecule has 1 fully saturated rings. The molecule has 2 aromatic heterocycles. The van der Waals surface area contributed by atoms with Gasteiger partial charge in [-0.25, -0.2) is 17.9 Å². The predicted octanol–water partition coefficient (Wildman–Crippen LogP) is 1.05. The number of hydrogen-bond donors (Lipinski definition) is 2. The molecule has 0 saturated heterocycles. The second-order valence-electron chi connectivity index (χ2n) is 5.44. The highest BCUT2D eigenvalue weighted by molar-refractivity contribution is 7.90. The van der Waals surface area contributed by atoms with Gasteiger partial charge in [-0.3, -0.25) is 10.1 Å². The maximum Gasteiger partial charge on any atom is 0.335 e. The molecule has 144 valence electrons. The first kappa shape index (κ1) is 19.0. The highest BCUT2D eigenvalue weighted by atomic mass is 32.2. The first-order valence-corrected chi connectivity index (χ1v) is 10.00. The lowest BCUT2D eigenvalue weighted by atomic mass is 10.2. The molecule has 0 radical (unpaired) electrons. The monoisotopic (exact) mass is 413 g/mol. The van der Waals surface area contributed by atoms with Crippen LogP contribution in [0.5, 0.6) is 12.0 Å². The third-order valence-electron chi connectivity index (χ3n) is 3.50. The van der Waals surface area contributed by atoms with Crippen molar-refractivity contribution < 1.29 is 27.5 Å². The number of amides is 2. The van der Waals surface area contributed by atoms with Crippen molar-refractivity contribution in [3.63, 3.8) is 0 Å². The minimum absolute atomic E-state index is 0.112. The number of thiophene rings is 1. The summed E-state index contributed by atoms with van der Waals surface area (Å²) < 4.78 is 36.5. The van der Waals surface area contributed by atoms with Crippen LogP contribution in [0.3, 0.4) is 0 Å². The van der Waals surface area contributed by atoms with Gasteiger partial charge in [-0.1, -0.05) is 0 Å². The number of nitrogens with zero attached hydrogens (tertiary/aromatic N) is 3. The average molecular weight is 413 g/mol. The van der Waals surface area contributed by atoms with Gasteiger partial charge in [-0.2, -0.15) is 9.97 Å². The van der Waals surface area contributed by atoms with Crippen molar-refractivity contribution in [3.8, 4) is 12.0 Å². The highest BCUT2D eigenvalue weighted by Crippen LogP contribution is 2.36. The van der Waals surface area contributed by atoms with Gasteiger partial charge in [-0.15, -0.1) is 16.3 Å². The number of ether oxygens (including phenoxy) is 2. The highest BCUT2D eigenvalue weighted by Gasteiger charge is 2.35. The number of sulfonamides is 1. The van der Waals surface area contributed by atoms with Gasteiger partial charge in [0.2, 0.25) is 5.95 Å². The minimum Gasteiger partial charge on any atom is -0.467 e. The summed E-state index contributed by atoms with van der Waals surface area (Å²) in [5.74, 6) is -0.639. The minimum atomic E-state index is -4.26. The predicted molar refractivity (Wildman–Crippen MR) is 93.6 cm³/mol. The van der Waals surface area contributed by atoms with Crippen LogP contribution in [-0.2, 0) is 10.0 Å². The SMILES string of the molecule is COc1nc(NC(=O)NS(=O)(=O)c2ccsc2C(=O)C2CC2)nc(OC)n1. The van der Waals surface area contributed by atoms with Crippen LogP contribution in [-0.4, -0.2) is 49.4 Å². The summed E-state index contributed by atoms with van der Waals surface area (Å²) in [7, 11) is -1.65. The van der Waals surface area contributed by atoms with E-state index in [1.165, 1.54) is 25.7 Å². The van der Waals surface area contributed by atoms with E-state index in [4.69, 9.17) is 9.47 Å². The average Bonchev–Trinajstić information content (AvgIpc) is 3.35. The van der Waals surface area contributed by atoms with E-state index in [1.807, 2.05) is 4.72 Å². The molecule has 13 heteroatoms. The van der Waals surface area contributed by atoms with Gasteiger partial charge in [0.05, 0.1) is 19.1 Å². The molecule has 2 aromatic rings. The number of hydrogen-bond acceptors (Lipinski definition) is 10. The molecule has 27 heavy (non-hydrogen) atoms. The summed E-state index contributed by atoms with van der Waals surface area (Å²) in [5, 5.41) is 3.65. The van der Waals surface area contributed by atoms with Gasteiger partial charge < -0.3 is 9.47 Å². The standard InChI is InChI=1S/C14H15N5O6S2/c1-24-13-16-11(17-14(18-13)25-2)15-12(21)19-27(22,23)8-5-6-26-10(8)9(20)7-3-4-7/h5-7H,3-4H2,1-2H3,(H2,15,16,17,18,19,21). The molecule has 3 rings (SSSR count). The molecule has 11 nitrogen and oxygen atoms in total. The van der Waals surface area contributed by atoms with Crippen LogP contribution in [0.2, 0.25) is 0 Å². The Balaban J connectivity index is 1.76. The van der Waals surface area contributed by atoms with Crippen LogP contribution in [0.4, 0.5) is 10.7 Å². The van der Waals surface area contributed by atoms with Gasteiger partial charge >= 0.3 is 18.1 Å².